The molecular formula is C13H13NO3S. The molecule has 2 rings (SSSR count). The Kier molecular flexibility index (Phi) is 3.84. The van der Waals surface area contributed by atoms with Crippen LogP contribution in [0, 0.1) is 0 Å². The van der Waals surface area contributed by atoms with Gasteiger partial charge in [0.1, 0.15) is 10.7 Å². The third-order valence-electron chi connectivity index (χ3n) is 2.49. The topological polar surface area (TPSA) is 70.4 Å². The molecule has 1 aromatic heterocycles. The molecule has 0 aliphatic heterocycles. The van der Waals surface area contributed by atoms with E-state index >= 15 is 0 Å². The van der Waals surface area contributed by atoms with Gasteiger partial charge in [-0.15, -0.1) is 11.8 Å². The van der Waals surface area contributed by atoms with Gasteiger partial charge in [0.2, 0.25) is 0 Å². The molecule has 2 N–H and O–H groups in total. The second-order valence-corrected chi connectivity index (χ2v) is 5.38. The summed E-state index contributed by atoms with van der Waals surface area (Å²) in [5.74, 6) is -1.04. The van der Waals surface area contributed by atoms with E-state index in [1.54, 1.807) is 6.07 Å². The molecule has 4 nitrogen and oxygen atoms in total. The zero-order valence-electron chi connectivity index (χ0n) is 9.83. The maximum absolute atomic E-state index is 11.0. The molecule has 0 radical (unpaired) electrons. The highest BCUT2D eigenvalue weighted by Crippen LogP contribution is 2.29. The molecule has 0 saturated heterocycles. The van der Waals surface area contributed by atoms with Crippen molar-refractivity contribution in [1.82, 2.24) is 4.98 Å². The molecule has 0 spiro atoms. The number of carboxylic acids is 1. The number of rotatable bonds is 4. The summed E-state index contributed by atoms with van der Waals surface area (Å²) in [6, 6.07) is 9.07. The van der Waals surface area contributed by atoms with E-state index in [4.69, 9.17) is 10.2 Å². The predicted molar refractivity (Wildman–Crippen MR) is 71.1 cm³/mol. The second kappa shape index (κ2) is 5.37. The molecule has 0 fully saturated rings. The van der Waals surface area contributed by atoms with Crippen LogP contribution < -0.4 is 0 Å². The van der Waals surface area contributed by atoms with Crippen LogP contribution in [0.2, 0.25) is 0 Å². The molecular weight excluding hydrogens is 250 g/mol. The molecule has 0 amide bonds. The molecule has 94 valence electrons. The lowest BCUT2D eigenvalue weighted by Crippen LogP contribution is -2.05. The molecule has 0 aliphatic rings. The molecule has 5 heteroatoms. The van der Waals surface area contributed by atoms with Crippen LogP contribution >= 0.6 is 11.8 Å². The molecule has 0 aliphatic carbocycles. The summed E-state index contributed by atoms with van der Waals surface area (Å²) in [5.41, 5.74) is 0.0290. The van der Waals surface area contributed by atoms with Crippen molar-refractivity contribution in [1.29, 1.82) is 0 Å². The molecule has 1 unspecified atom stereocenters. The molecule has 2 aromatic rings. The third-order valence-corrected chi connectivity index (χ3v) is 3.58. The third kappa shape index (κ3) is 2.63. The van der Waals surface area contributed by atoms with E-state index in [1.165, 1.54) is 11.8 Å². The minimum atomic E-state index is -1.04. The monoisotopic (exact) mass is 263 g/mol. The van der Waals surface area contributed by atoms with Gasteiger partial charge in [-0.05, 0) is 11.5 Å². The van der Waals surface area contributed by atoms with Gasteiger partial charge in [-0.3, -0.25) is 0 Å². The number of thioether (sulfide) groups is 1. The van der Waals surface area contributed by atoms with Crippen LogP contribution in [-0.2, 0) is 0 Å². The Morgan fingerprint density at radius 2 is 2.17 bits per heavy atom. The van der Waals surface area contributed by atoms with Crippen molar-refractivity contribution >= 4 is 28.5 Å². The first kappa shape index (κ1) is 12.9. The van der Waals surface area contributed by atoms with E-state index in [0.717, 1.165) is 10.8 Å². The van der Waals surface area contributed by atoms with Gasteiger partial charge >= 0.3 is 5.97 Å². The SMILES string of the molecule is CC(CO)Sc1nc(C(=O)O)cc2ccccc12. The summed E-state index contributed by atoms with van der Waals surface area (Å²) < 4.78 is 0. The Labute approximate surface area is 109 Å². The van der Waals surface area contributed by atoms with Crippen LogP contribution in [0.25, 0.3) is 10.8 Å². The van der Waals surface area contributed by atoms with Gasteiger partial charge in [0.25, 0.3) is 0 Å². The van der Waals surface area contributed by atoms with Gasteiger partial charge in [0.15, 0.2) is 0 Å². The van der Waals surface area contributed by atoms with Gasteiger partial charge in [-0.1, -0.05) is 31.2 Å². The molecule has 0 bridgehead atoms. The fourth-order valence-corrected chi connectivity index (χ4v) is 2.51. The van der Waals surface area contributed by atoms with Crippen molar-refractivity contribution in [3.05, 3.63) is 36.0 Å². The number of carbonyl (C=O) groups is 1. The van der Waals surface area contributed by atoms with Gasteiger partial charge in [-0.25, -0.2) is 9.78 Å². The zero-order valence-corrected chi connectivity index (χ0v) is 10.6. The lowest BCUT2D eigenvalue weighted by atomic mass is 10.1. The Balaban J connectivity index is 2.57. The molecule has 1 atom stereocenters. The van der Waals surface area contributed by atoms with Gasteiger partial charge in [-0.2, -0.15) is 0 Å². The Bertz CT molecular complexity index is 585. The van der Waals surface area contributed by atoms with E-state index < -0.39 is 5.97 Å². The summed E-state index contributed by atoms with van der Waals surface area (Å²) in [5, 5.41) is 20.5. The number of nitrogens with zero attached hydrogens (tertiary/aromatic N) is 1. The maximum Gasteiger partial charge on any atom is 0.354 e. The number of aromatic nitrogens is 1. The Morgan fingerprint density at radius 1 is 1.44 bits per heavy atom. The number of hydrogen-bond donors (Lipinski definition) is 2. The first-order valence-corrected chi connectivity index (χ1v) is 6.40. The first-order chi connectivity index (χ1) is 8.61. The molecule has 0 saturated carbocycles. The largest absolute Gasteiger partial charge is 0.477 e. The van der Waals surface area contributed by atoms with Crippen molar-refractivity contribution in [3.8, 4) is 0 Å². The van der Waals surface area contributed by atoms with Crippen molar-refractivity contribution < 1.29 is 15.0 Å². The van der Waals surface area contributed by atoms with Crippen LogP contribution in [0.3, 0.4) is 0 Å². The highest BCUT2D eigenvalue weighted by atomic mass is 32.2. The minimum absolute atomic E-state index is 0.0232. The van der Waals surface area contributed by atoms with E-state index in [0.29, 0.717) is 5.03 Å². The fraction of sp³-hybridized carbons (Fsp3) is 0.231. The Hall–Kier alpha value is -1.59. The number of aromatic carboxylic acids is 1. The summed E-state index contributed by atoms with van der Waals surface area (Å²) in [6.07, 6.45) is 0. The number of pyridine rings is 1. The van der Waals surface area contributed by atoms with E-state index in [2.05, 4.69) is 4.98 Å². The number of benzene rings is 1. The zero-order chi connectivity index (χ0) is 13.1. The highest BCUT2D eigenvalue weighted by Gasteiger charge is 2.13. The number of hydrogen-bond acceptors (Lipinski definition) is 4. The number of aliphatic hydroxyl groups excluding tert-OH is 1. The standard InChI is InChI=1S/C13H13NO3S/c1-8(7-15)18-12-10-5-3-2-4-9(10)6-11(14-12)13(16)17/h2-6,8,15H,7H2,1H3,(H,16,17). The average Bonchev–Trinajstić information content (AvgIpc) is 2.38. The smallest absolute Gasteiger partial charge is 0.354 e. The van der Waals surface area contributed by atoms with Crippen molar-refractivity contribution in [2.45, 2.75) is 17.2 Å². The van der Waals surface area contributed by atoms with Gasteiger partial charge < -0.3 is 10.2 Å². The van der Waals surface area contributed by atoms with E-state index in [-0.39, 0.29) is 17.6 Å². The predicted octanol–water partition coefficient (Wildman–Crippen LogP) is 2.41. The summed E-state index contributed by atoms with van der Waals surface area (Å²) in [7, 11) is 0. The highest BCUT2D eigenvalue weighted by molar-refractivity contribution is 8.00. The van der Waals surface area contributed by atoms with Crippen molar-refractivity contribution in [2.75, 3.05) is 6.61 Å². The minimum Gasteiger partial charge on any atom is -0.477 e. The lowest BCUT2D eigenvalue weighted by molar-refractivity contribution is 0.0690. The lowest BCUT2D eigenvalue weighted by Gasteiger charge is -2.10. The summed E-state index contributed by atoms with van der Waals surface area (Å²) in [4.78, 5) is 15.2. The number of fused-ring (bicyclic) bond motifs is 1. The van der Waals surface area contributed by atoms with Crippen molar-refractivity contribution in [2.24, 2.45) is 0 Å². The average molecular weight is 263 g/mol. The maximum atomic E-state index is 11.0. The number of aliphatic hydroxyl groups is 1. The number of carboxylic acid groups (broad SMARTS) is 1. The molecule has 1 heterocycles. The fourth-order valence-electron chi connectivity index (χ4n) is 1.59. The van der Waals surface area contributed by atoms with Crippen LogP contribution in [0.4, 0.5) is 0 Å². The van der Waals surface area contributed by atoms with E-state index in [1.807, 2.05) is 31.2 Å². The quantitative estimate of drug-likeness (QED) is 0.829. The first-order valence-electron chi connectivity index (χ1n) is 5.52. The second-order valence-electron chi connectivity index (χ2n) is 3.95. The molecule has 18 heavy (non-hydrogen) atoms. The van der Waals surface area contributed by atoms with Crippen LogP contribution in [0.1, 0.15) is 17.4 Å². The Morgan fingerprint density at radius 3 is 2.83 bits per heavy atom. The summed E-state index contributed by atoms with van der Waals surface area (Å²) >= 11 is 1.38. The van der Waals surface area contributed by atoms with Gasteiger partial charge in [0.05, 0.1) is 6.61 Å². The van der Waals surface area contributed by atoms with Crippen molar-refractivity contribution in [3.63, 3.8) is 0 Å². The van der Waals surface area contributed by atoms with E-state index in [9.17, 15) is 4.79 Å². The van der Waals surface area contributed by atoms with Crippen LogP contribution in [0.15, 0.2) is 35.4 Å². The van der Waals surface area contributed by atoms with Gasteiger partial charge in [0, 0.05) is 10.6 Å². The summed E-state index contributed by atoms with van der Waals surface area (Å²) in [6.45, 7) is 1.90. The molecule has 1 aromatic carbocycles. The normalized spacial score (nSPS) is 12.6. The van der Waals surface area contributed by atoms with Crippen LogP contribution in [0.5, 0.6) is 0 Å². The van der Waals surface area contributed by atoms with Crippen LogP contribution in [-0.4, -0.2) is 33.0 Å².